The number of aromatic nitrogens is 2. The van der Waals surface area contributed by atoms with Crippen LogP contribution in [0.4, 0.5) is 0 Å². The Hall–Kier alpha value is -2.41. The van der Waals surface area contributed by atoms with Crippen molar-refractivity contribution in [1.82, 2.24) is 14.5 Å². The van der Waals surface area contributed by atoms with Gasteiger partial charge in [0.25, 0.3) is 5.56 Å². The number of nitrogens with zero attached hydrogens (tertiary/aromatic N) is 2. The Morgan fingerprint density at radius 3 is 2.62 bits per heavy atom. The number of carbonyl (C=O) groups excluding carboxylic acids is 1. The number of amides is 1. The van der Waals surface area contributed by atoms with Gasteiger partial charge in [0.05, 0.1) is 10.9 Å². The fourth-order valence-corrected chi connectivity index (χ4v) is 2.55. The Balaban J connectivity index is 2.24. The first kappa shape index (κ1) is 17.9. The molecule has 0 aliphatic rings. The predicted molar refractivity (Wildman–Crippen MR) is 92.3 cm³/mol. The van der Waals surface area contributed by atoms with Gasteiger partial charge in [0.2, 0.25) is 5.91 Å². The Labute approximate surface area is 139 Å². The molecule has 0 saturated heterocycles. The highest BCUT2D eigenvalue weighted by Crippen LogP contribution is 2.07. The number of hydrogen-bond donors (Lipinski definition) is 1. The van der Waals surface area contributed by atoms with Gasteiger partial charge < -0.3 is 10.1 Å². The fourth-order valence-electron chi connectivity index (χ4n) is 2.55. The van der Waals surface area contributed by atoms with Crippen LogP contribution in [0.2, 0.25) is 0 Å². The lowest BCUT2D eigenvalue weighted by atomic mass is 10.2. The maximum Gasteiger partial charge on any atom is 0.331 e. The van der Waals surface area contributed by atoms with Crippen molar-refractivity contribution in [2.24, 2.45) is 0 Å². The highest BCUT2D eigenvalue weighted by atomic mass is 16.5. The summed E-state index contributed by atoms with van der Waals surface area (Å²) in [5, 5.41) is 3.20. The van der Waals surface area contributed by atoms with E-state index in [0.717, 1.165) is 4.57 Å². The lowest BCUT2D eigenvalue weighted by molar-refractivity contribution is -0.121. The molecule has 1 N–H and O–H groups in total. The van der Waals surface area contributed by atoms with E-state index in [1.807, 2.05) is 6.92 Å². The molecule has 1 amide bonds. The zero-order valence-electron chi connectivity index (χ0n) is 14.1. The Bertz CT molecular complexity index is 823. The van der Waals surface area contributed by atoms with Crippen LogP contribution in [-0.2, 0) is 22.6 Å². The molecule has 0 unspecified atom stereocenters. The number of ether oxygens (including phenoxy) is 1. The summed E-state index contributed by atoms with van der Waals surface area (Å²) in [4.78, 5) is 37.0. The maximum absolute atomic E-state index is 12.5. The third-order valence-electron chi connectivity index (χ3n) is 3.74. The van der Waals surface area contributed by atoms with Gasteiger partial charge in [0.15, 0.2) is 0 Å². The topological polar surface area (TPSA) is 82.3 Å². The van der Waals surface area contributed by atoms with Gasteiger partial charge in [-0.15, -0.1) is 0 Å². The van der Waals surface area contributed by atoms with Gasteiger partial charge >= 0.3 is 5.69 Å². The number of rotatable bonds is 8. The molecular formula is C17H23N3O4. The van der Waals surface area contributed by atoms with E-state index < -0.39 is 5.69 Å². The second-order valence-corrected chi connectivity index (χ2v) is 5.34. The number of carbonyl (C=O) groups is 1. The molecule has 0 bridgehead atoms. The average molecular weight is 333 g/mol. The first-order chi connectivity index (χ1) is 11.6. The minimum Gasteiger partial charge on any atom is -0.382 e. The molecule has 0 fully saturated rings. The second-order valence-electron chi connectivity index (χ2n) is 5.34. The van der Waals surface area contributed by atoms with E-state index in [-0.39, 0.29) is 24.6 Å². The van der Waals surface area contributed by atoms with E-state index in [2.05, 4.69) is 5.32 Å². The quantitative estimate of drug-likeness (QED) is 0.722. The number of hydrogen-bond acceptors (Lipinski definition) is 4. The Morgan fingerprint density at radius 2 is 1.92 bits per heavy atom. The third kappa shape index (κ3) is 3.91. The average Bonchev–Trinajstić information content (AvgIpc) is 2.59. The highest BCUT2D eigenvalue weighted by Gasteiger charge is 2.13. The molecule has 0 aliphatic heterocycles. The van der Waals surface area contributed by atoms with Gasteiger partial charge in [0, 0.05) is 26.3 Å². The normalized spacial score (nSPS) is 10.9. The van der Waals surface area contributed by atoms with Gasteiger partial charge in [-0.1, -0.05) is 12.1 Å². The second kappa shape index (κ2) is 8.44. The summed E-state index contributed by atoms with van der Waals surface area (Å²) in [6, 6.07) is 6.83. The van der Waals surface area contributed by atoms with Crippen LogP contribution in [0, 0.1) is 0 Å². The van der Waals surface area contributed by atoms with Crippen LogP contribution in [0.15, 0.2) is 33.9 Å². The molecule has 130 valence electrons. The van der Waals surface area contributed by atoms with Gasteiger partial charge in [-0.05, 0) is 32.4 Å². The number of benzene rings is 1. The van der Waals surface area contributed by atoms with Crippen LogP contribution in [0.5, 0.6) is 0 Å². The Kier molecular flexibility index (Phi) is 6.31. The first-order valence-corrected chi connectivity index (χ1v) is 8.17. The van der Waals surface area contributed by atoms with Crippen LogP contribution < -0.4 is 16.6 Å². The lowest BCUT2D eigenvalue weighted by Crippen LogP contribution is -2.42. The van der Waals surface area contributed by atoms with Crippen LogP contribution in [0.1, 0.15) is 20.3 Å². The summed E-state index contributed by atoms with van der Waals surface area (Å²) in [6.45, 7) is 5.51. The first-order valence-electron chi connectivity index (χ1n) is 8.17. The molecule has 1 heterocycles. The smallest absolute Gasteiger partial charge is 0.331 e. The number of fused-ring (bicyclic) bond motifs is 1. The molecule has 24 heavy (non-hydrogen) atoms. The minimum absolute atomic E-state index is 0.117. The molecule has 0 saturated carbocycles. The molecule has 7 heteroatoms. The van der Waals surface area contributed by atoms with Crippen LogP contribution >= 0.6 is 0 Å². The van der Waals surface area contributed by atoms with Crippen molar-refractivity contribution in [3.8, 4) is 0 Å². The molecule has 1 aromatic heterocycles. The van der Waals surface area contributed by atoms with Gasteiger partial charge in [-0.25, -0.2) is 4.79 Å². The van der Waals surface area contributed by atoms with Crippen LogP contribution in [0.25, 0.3) is 10.9 Å². The van der Waals surface area contributed by atoms with E-state index in [9.17, 15) is 14.4 Å². The van der Waals surface area contributed by atoms with Crippen LogP contribution in [-0.4, -0.2) is 34.8 Å². The van der Waals surface area contributed by atoms with Crippen molar-refractivity contribution < 1.29 is 9.53 Å². The van der Waals surface area contributed by atoms with E-state index >= 15 is 0 Å². The van der Waals surface area contributed by atoms with Gasteiger partial charge in [-0.2, -0.15) is 0 Å². The molecular weight excluding hydrogens is 310 g/mol. The molecule has 0 spiro atoms. The number of nitrogens with one attached hydrogen (secondary N) is 1. The highest BCUT2D eigenvalue weighted by molar-refractivity contribution is 5.81. The van der Waals surface area contributed by atoms with E-state index in [4.69, 9.17) is 4.74 Å². The Morgan fingerprint density at radius 1 is 1.17 bits per heavy atom. The van der Waals surface area contributed by atoms with Crippen molar-refractivity contribution in [2.45, 2.75) is 33.4 Å². The predicted octanol–water partition coefficient (Wildman–Crippen LogP) is 0.726. The largest absolute Gasteiger partial charge is 0.382 e. The van der Waals surface area contributed by atoms with Crippen molar-refractivity contribution in [2.75, 3.05) is 19.8 Å². The molecule has 1 aromatic carbocycles. The fraction of sp³-hybridized carbons (Fsp3) is 0.471. The SMILES string of the molecule is CCOCCCNC(=O)Cn1c(=O)n(CC)c(=O)c2ccccc21. The summed E-state index contributed by atoms with van der Waals surface area (Å²) >= 11 is 0. The van der Waals surface area contributed by atoms with E-state index in [1.165, 1.54) is 4.57 Å². The molecule has 0 atom stereocenters. The number of para-hydroxylation sites is 1. The van der Waals surface area contributed by atoms with Crippen LogP contribution in [0.3, 0.4) is 0 Å². The standard InChI is InChI=1S/C17H23N3O4/c1-3-19-16(22)13-8-5-6-9-14(13)20(17(19)23)12-15(21)18-10-7-11-24-4-2/h5-6,8-9H,3-4,7,10-12H2,1-2H3,(H,18,21). The molecule has 0 radical (unpaired) electrons. The monoisotopic (exact) mass is 333 g/mol. The summed E-state index contributed by atoms with van der Waals surface area (Å²) in [7, 11) is 0. The molecule has 2 rings (SSSR count). The van der Waals surface area contributed by atoms with Crippen molar-refractivity contribution in [1.29, 1.82) is 0 Å². The summed E-state index contributed by atoms with van der Waals surface area (Å²) in [6.07, 6.45) is 0.712. The lowest BCUT2D eigenvalue weighted by Gasteiger charge is -2.13. The minimum atomic E-state index is -0.467. The van der Waals surface area contributed by atoms with Crippen molar-refractivity contribution >= 4 is 16.8 Å². The molecule has 7 nitrogen and oxygen atoms in total. The third-order valence-corrected chi connectivity index (χ3v) is 3.74. The zero-order chi connectivity index (χ0) is 17.5. The van der Waals surface area contributed by atoms with Gasteiger partial charge in [-0.3, -0.25) is 18.7 Å². The maximum atomic E-state index is 12.5. The zero-order valence-corrected chi connectivity index (χ0v) is 14.1. The van der Waals surface area contributed by atoms with Gasteiger partial charge in [0.1, 0.15) is 6.54 Å². The summed E-state index contributed by atoms with van der Waals surface area (Å²) in [5.74, 6) is -0.264. The molecule has 0 aliphatic carbocycles. The molecule has 2 aromatic rings. The summed E-state index contributed by atoms with van der Waals surface area (Å²) < 4.78 is 7.70. The van der Waals surface area contributed by atoms with E-state index in [0.29, 0.717) is 37.1 Å². The van der Waals surface area contributed by atoms with Crippen molar-refractivity contribution in [3.05, 3.63) is 45.1 Å². The van der Waals surface area contributed by atoms with E-state index in [1.54, 1.807) is 31.2 Å². The summed E-state index contributed by atoms with van der Waals surface area (Å²) in [5.41, 5.74) is -0.321. The van der Waals surface area contributed by atoms with Crippen molar-refractivity contribution in [3.63, 3.8) is 0 Å².